The van der Waals surface area contributed by atoms with E-state index in [0.29, 0.717) is 10.8 Å². The number of nitrogens with zero attached hydrogens (tertiary/aromatic N) is 2. The van der Waals surface area contributed by atoms with Gasteiger partial charge in [0.05, 0.1) is 12.8 Å². The van der Waals surface area contributed by atoms with Crippen molar-refractivity contribution in [1.29, 1.82) is 5.26 Å². The molecule has 27 heavy (non-hydrogen) atoms. The van der Waals surface area contributed by atoms with Crippen LogP contribution in [0.1, 0.15) is 22.7 Å². The van der Waals surface area contributed by atoms with Crippen molar-refractivity contribution in [2.45, 2.75) is 20.4 Å². The lowest BCUT2D eigenvalue weighted by Crippen LogP contribution is -2.23. The summed E-state index contributed by atoms with van der Waals surface area (Å²) in [5.41, 5.74) is 3.75. The fourth-order valence-electron chi connectivity index (χ4n) is 2.90. The number of amides is 1. The summed E-state index contributed by atoms with van der Waals surface area (Å²) in [4.78, 5) is 12.3. The van der Waals surface area contributed by atoms with Crippen LogP contribution in [0.2, 0.25) is 5.02 Å². The Morgan fingerprint density at radius 3 is 2.67 bits per heavy atom. The highest BCUT2D eigenvalue weighted by Crippen LogP contribution is 2.24. The second-order valence-electron chi connectivity index (χ2n) is 6.07. The zero-order valence-corrected chi connectivity index (χ0v) is 15.7. The van der Waals surface area contributed by atoms with Gasteiger partial charge in [-0.05, 0) is 68.0 Å². The molecular formula is C21H18ClN3O2. The predicted octanol–water partition coefficient (Wildman–Crippen LogP) is 4.56. The van der Waals surface area contributed by atoms with Crippen LogP contribution in [0.25, 0.3) is 11.8 Å². The van der Waals surface area contributed by atoms with Crippen LogP contribution >= 0.6 is 11.6 Å². The summed E-state index contributed by atoms with van der Waals surface area (Å²) in [5.74, 6) is 0.187. The second kappa shape index (κ2) is 7.98. The third kappa shape index (κ3) is 4.13. The highest BCUT2D eigenvalue weighted by atomic mass is 35.5. The summed E-state index contributed by atoms with van der Waals surface area (Å²) < 4.78 is 7.23. The molecule has 0 saturated heterocycles. The average molecular weight is 380 g/mol. The van der Waals surface area contributed by atoms with E-state index in [1.54, 1.807) is 18.2 Å². The Hall–Kier alpha value is -3.23. The quantitative estimate of drug-likeness (QED) is 0.521. The first kappa shape index (κ1) is 18.6. The zero-order chi connectivity index (χ0) is 19.4. The molecule has 0 atom stereocenters. The van der Waals surface area contributed by atoms with Crippen LogP contribution in [0.5, 0.6) is 0 Å². The minimum Gasteiger partial charge on any atom is -0.467 e. The second-order valence-corrected chi connectivity index (χ2v) is 6.51. The molecule has 0 bridgehead atoms. The maximum Gasteiger partial charge on any atom is 0.262 e. The van der Waals surface area contributed by atoms with Gasteiger partial charge in [-0.2, -0.15) is 5.26 Å². The number of carbonyl (C=O) groups excluding carboxylic acids is 1. The molecule has 3 rings (SSSR count). The Morgan fingerprint density at radius 1 is 1.30 bits per heavy atom. The largest absolute Gasteiger partial charge is 0.467 e. The molecule has 0 unspecified atom stereocenters. The van der Waals surface area contributed by atoms with Crippen LogP contribution in [-0.2, 0) is 11.3 Å². The van der Waals surface area contributed by atoms with Crippen molar-refractivity contribution in [2.75, 3.05) is 0 Å². The molecule has 6 heteroatoms. The number of benzene rings is 1. The number of aryl methyl sites for hydroxylation is 1. The van der Waals surface area contributed by atoms with Gasteiger partial charge in [-0.1, -0.05) is 11.6 Å². The van der Waals surface area contributed by atoms with Gasteiger partial charge in [0.25, 0.3) is 5.91 Å². The van der Waals surface area contributed by atoms with E-state index in [4.69, 9.17) is 16.0 Å². The summed E-state index contributed by atoms with van der Waals surface area (Å²) in [6, 6.07) is 14.9. The lowest BCUT2D eigenvalue weighted by Gasteiger charge is -2.09. The minimum atomic E-state index is -0.440. The predicted molar refractivity (Wildman–Crippen MR) is 104 cm³/mol. The van der Waals surface area contributed by atoms with Gasteiger partial charge in [0.1, 0.15) is 17.4 Å². The molecule has 2 aromatic heterocycles. The number of hydrogen-bond acceptors (Lipinski definition) is 3. The van der Waals surface area contributed by atoms with E-state index in [0.717, 1.165) is 22.6 Å². The van der Waals surface area contributed by atoms with E-state index in [2.05, 4.69) is 9.88 Å². The molecule has 1 amide bonds. The number of hydrogen-bond donors (Lipinski definition) is 1. The van der Waals surface area contributed by atoms with Gasteiger partial charge in [-0.15, -0.1) is 0 Å². The SMILES string of the molecule is Cc1cc(/C=C(\C#N)C(=O)NCc2ccco2)c(C)n1-c1ccc(Cl)cc1. The van der Waals surface area contributed by atoms with Crippen LogP contribution in [0, 0.1) is 25.2 Å². The van der Waals surface area contributed by atoms with Crippen molar-refractivity contribution in [3.63, 3.8) is 0 Å². The Kier molecular flexibility index (Phi) is 5.49. The molecule has 1 aromatic carbocycles. The molecule has 5 nitrogen and oxygen atoms in total. The summed E-state index contributed by atoms with van der Waals surface area (Å²) >= 11 is 5.97. The first-order chi connectivity index (χ1) is 13.0. The van der Waals surface area contributed by atoms with E-state index in [1.165, 1.54) is 6.26 Å². The number of halogens is 1. The smallest absolute Gasteiger partial charge is 0.262 e. The van der Waals surface area contributed by atoms with E-state index in [1.807, 2.05) is 50.2 Å². The molecule has 0 aliphatic heterocycles. The van der Waals surface area contributed by atoms with Crippen LogP contribution < -0.4 is 5.32 Å². The summed E-state index contributed by atoms with van der Waals surface area (Å²) in [5, 5.41) is 12.8. The van der Waals surface area contributed by atoms with E-state index in [9.17, 15) is 10.1 Å². The average Bonchev–Trinajstić information content (AvgIpc) is 3.27. The Bertz CT molecular complexity index is 1020. The van der Waals surface area contributed by atoms with E-state index >= 15 is 0 Å². The van der Waals surface area contributed by atoms with Crippen molar-refractivity contribution < 1.29 is 9.21 Å². The van der Waals surface area contributed by atoms with E-state index in [-0.39, 0.29) is 12.1 Å². The standard InChI is InChI=1S/C21H18ClN3O2/c1-14-10-16(15(2)25(14)19-7-5-18(22)6-8-19)11-17(12-23)21(26)24-13-20-4-3-9-27-20/h3-11H,13H2,1-2H3,(H,24,26)/b17-11+. The molecule has 3 aromatic rings. The van der Waals surface area contributed by atoms with Gasteiger partial charge < -0.3 is 14.3 Å². The maximum absolute atomic E-state index is 12.3. The van der Waals surface area contributed by atoms with Gasteiger partial charge in [-0.3, -0.25) is 4.79 Å². The molecule has 136 valence electrons. The van der Waals surface area contributed by atoms with E-state index < -0.39 is 5.91 Å². The summed E-state index contributed by atoms with van der Waals surface area (Å²) in [7, 11) is 0. The maximum atomic E-state index is 12.3. The normalized spacial score (nSPS) is 11.3. The summed E-state index contributed by atoms with van der Waals surface area (Å²) in [6.45, 7) is 4.15. The summed E-state index contributed by atoms with van der Waals surface area (Å²) in [6.07, 6.45) is 3.14. The van der Waals surface area contributed by atoms with Crippen molar-refractivity contribution >= 4 is 23.6 Å². The molecular weight excluding hydrogens is 362 g/mol. The Labute approximate surface area is 162 Å². The molecule has 1 N–H and O–H groups in total. The molecule has 0 spiro atoms. The topological polar surface area (TPSA) is 71.0 Å². The lowest BCUT2D eigenvalue weighted by atomic mass is 10.1. The molecule has 0 fully saturated rings. The number of carbonyl (C=O) groups is 1. The molecule has 0 aliphatic carbocycles. The fourth-order valence-corrected chi connectivity index (χ4v) is 3.03. The van der Waals surface area contributed by atoms with Crippen molar-refractivity contribution in [3.8, 4) is 11.8 Å². The van der Waals surface area contributed by atoms with Crippen LogP contribution in [-0.4, -0.2) is 10.5 Å². The third-order valence-electron chi connectivity index (χ3n) is 4.22. The van der Waals surface area contributed by atoms with Crippen molar-refractivity contribution in [1.82, 2.24) is 9.88 Å². The molecule has 0 saturated carbocycles. The first-order valence-corrected chi connectivity index (χ1v) is 8.74. The van der Waals surface area contributed by atoms with Crippen molar-refractivity contribution in [3.05, 3.63) is 82.0 Å². The highest BCUT2D eigenvalue weighted by molar-refractivity contribution is 6.30. The Balaban J connectivity index is 1.86. The highest BCUT2D eigenvalue weighted by Gasteiger charge is 2.14. The minimum absolute atomic E-state index is 0.0397. The van der Waals surface area contributed by atoms with Gasteiger partial charge >= 0.3 is 0 Å². The number of aromatic nitrogens is 1. The fraction of sp³-hybridized carbons (Fsp3) is 0.143. The number of furan rings is 1. The third-order valence-corrected chi connectivity index (χ3v) is 4.48. The first-order valence-electron chi connectivity index (χ1n) is 8.37. The lowest BCUT2D eigenvalue weighted by molar-refractivity contribution is -0.117. The van der Waals surface area contributed by atoms with Crippen LogP contribution in [0.15, 0.2) is 58.7 Å². The molecule has 0 aliphatic rings. The monoisotopic (exact) mass is 379 g/mol. The van der Waals surface area contributed by atoms with Gasteiger partial charge in [-0.25, -0.2) is 0 Å². The number of nitriles is 1. The van der Waals surface area contributed by atoms with Gasteiger partial charge in [0.2, 0.25) is 0 Å². The van der Waals surface area contributed by atoms with Crippen LogP contribution in [0.4, 0.5) is 0 Å². The molecule has 2 heterocycles. The number of nitrogens with one attached hydrogen (secondary N) is 1. The molecule has 0 radical (unpaired) electrons. The van der Waals surface area contributed by atoms with Gasteiger partial charge in [0.15, 0.2) is 0 Å². The zero-order valence-electron chi connectivity index (χ0n) is 15.0. The van der Waals surface area contributed by atoms with Gasteiger partial charge in [0, 0.05) is 22.1 Å². The number of rotatable bonds is 5. The van der Waals surface area contributed by atoms with Crippen LogP contribution in [0.3, 0.4) is 0 Å². The Morgan fingerprint density at radius 2 is 2.04 bits per heavy atom. The van der Waals surface area contributed by atoms with Crippen molar-refractivity contribution in [2.24, 2.45) is 0 Å².